The summed E-state index contributed by atoms with van der Waals surface area (Å²) in [5.41, 5.74) is 2.61. The summed E-state index contributed by atoms with van der Waals surface area (Å²) >= 11 is 1.35. The molecule has 0 atom stereocenters. The first-order valence-corrected chi connectivity index (χ1v) is 11.3. The van der Waals surface area contributed by atoms with Gasteiger partial charge in [-0.15, -0.1) is 10.2 Å². The lowest BCUT2D eigenvalue weighted by Crippen LogP contribution is -2.37. The summed E-state index contributed by atoms with van der Waals surface area (Å²) in [7, 11) is 3.12. The van der Waals surface area contributed by atoms with E-state index in [4.69, 9.17) is 14.2 Å². The fourth-order valence-electron chi connectivity index (χ4n) is 3.48. The lowest BCUT2D eigenvalue weighted by atomic mass is 10.1. The molecule has 0 saturated carbocycles. The highest BCUT2D eigenvalue weighted by Crippen LogP contribution is 2.30. The van der Waals surface area contributed by atoms with Gasteiger partial charge in [-0.2, -0.15) is 0 Å². The maximum atomic E-state index is 13.0. The molecule has 9 heteroatoms. The maximum Gasteiger partial charge on any atom is 0.232 e. The van der Waals surface area contributed by atoms with Gasteiger partial charge in [-0.3, -0.25) is 9.36 Å². The molecule has 32 heavy (non-hydrogen) atoms. The highest BCUT2D eigenvalue weighted by molar-refractivity contribution is 7.99. The molecule has 0 bridgehead atoms. The number of ketones is 1. The molecule has 0 aliphatic carbocycles. The molecule has 2 heterocycles. The van der Waals surface area contributed by atoms with Gasteiger partial charge in [-0.05, 0) is 37.3 Å². The number of anilines is 1. The predicted molar refractivity (Wildman–Crippen MR) is 124 cm³/mol. The summed E-state index contributed by atoms with van der Waals surface area (Å²) in [4.78, 5) is 15.2. The topological polar surface area (TPSA) is 78.7 Å². The van der Waals surface area contributed by atoms with Crippen molar-refractivity contribution < 1.29 is 19.0 Å². The van der Waals surface area contributed by atoms with E-state index < -0.39 is 0 Å². The first kappa shape index (κ1) is 22.2. The van der Waals surface area contributed by atoms with Gasteiger partial charge in [0.05, 0.1) is 44.4 Å². The summed E-state index contributed by atoms with van der Waals surface area (Å²) in [6.45, 7) is 4.84. The number of benzene rings is 2. The van der Waals surface area contributed by atoms with E-state index in [1.54, 1.807) is 32.4 Å². The summed E-state index contributed by atoms with van der Waals surface area (Å²) < 4.78 is 18.1. The molecule has 0 spiro atoms. The first-order chi connectivity index (χ1) is 15.6. The number of carbonyl (C=O) groups excluding carboxylic acids is 1. The van der Waals surface area contributed by atoms with Crippen molar-refractivity contribution in [3.05, 3.63) is 53.6 Å². The number of hydrogen-bond donors (Lipinski definition) is 0. The molecule has 8 nitrogen and oxygen atoms in total. The number of rotatable bonds is 8. The number of thioether (sulfide) groups is 1. The van der Waals surface area contributed by atoms with E-state index in [-0.39, 0.29) is 11.5 Å². The summed E-state index contributed by atoms with van der Waals surface area (Å²) in [5, 5.41) is 9.53. The Morgan fingerprint density at radius 1 is 1.06 bits per heavy atom. The second kappa shape index (κ2) is 10.1. The third-order valence-electron chi connectivity index (χ3n) is 5.24. The van der Waals surface area contributed by atoms with E-state index in [1.807, 2.05) is 16.7 Å². The number of ether oxygens (including phenoxy) is 3. The number of aryl methyl sites for hydroxylation is 1. The minimum atomic E-state index is -0.0721. The number of aromatic nitrogens is 3. The third kappa shape index (κ3) is 4.73. The average Bonchev–Trinajstić information content (AvgIpc) is 3.27. The Kier molecular flexibility index (Phi) is 6.96. The summed E-state index contributed by atoms with van der Waals surface area (Å²) in [5.74, 6) is 2.00. The summed E-state index contributed by atoms with van der Waals surface area (Å²) in [6.07, 6.45) is 0. The Balaban J connectivity index is 1.62. The lowest BCUT2D eigenvalue weighted by molar-refractivity contribution is 0.101. The third-order valence-corrected chi connectivity index (χ3v) is 6.17. The SMILES string of the molecule is COc1ccc(OC)c(C(=O)CSc2nnc(N3CCOCC3)n2-c2ccc(C)cc2)c1. The highest BCUT2D eigenvalue weighted by Gasteiger charge is 2.23. The predicted octanol–water partition coefficient (Wildman–Crippen LogP) is 3.40. The maximum absolute atomic E-state index is 13.0. The van der Waals surface area contributed by atoms with Crippen LogP contribution in [0, 0.1) is 6.92 Å². The molecule has 0 N–H and O–H groups in total. The van der Waals surface area contributed by atoms with Gasteiger partial charge < -0.3 is 19.1 Å². The van der Waals surface area contributed by atoms with Crippen molar-refractivity contribution in [2.45, 2.75) is 12.1 Å². The van der Waals surface area contributed by atoms with Crippen molar-refractivity contribution >= 4 is 23.5 Å². The number of Topliss-reactive ketones (excluding diaryl/α,β-unsaturated/α-hetero) is 1. The minimum Gasteiger partial charge on any atom is -0.497 e. The van der Waals surface area contributed by atoms with Crippen molar-refractivity contribution in [1.82, 2.24) is 14.8 Å². The zero-order valence-corrected chi connectivity index (χ0v) is 19.2. The molecular formula is C23H26N4O4S. The van der Waals surface area contributed by atoms with Crippen LogP contribution in [0.25, 0.3) is 5.69 Å². The first-order valence-electron chi connectivity index (χ1n) is 10.3. The standard InChI is InChI=1S/C23H26N4O4S/c1-16-4-6-17(7-5-16)27-22(26-10-12-31-13-11-26)24-25-23(27)32-15-20(28)19-14-18(29-2)8-9-21(19)30-3/h4-9,14H,10-13,15H2,1-3H3. The fourth-order valence-corrected chi connectivity index (χ4v) is 4.31. The number of methoxy groups -OCH3 is 2. The van der Waals surface area contributed by atoms with Gasteiger partial charge in [0, 0.05) is 13.1 Å². The smallest absolute Gasteiger partial charge is 0.232 e. The Bertz CT molecular complexity index is 1080. The number of carbonyl (C=O) groups is 1. The molecule has 1 aromatic heterocycles. The van der Waals surface area contributed by atoms with Gasteiger partial charge in [-0.25, -0.2) is 0 Å². The normalized spacial score (nSPS) is 13.8. The highest BCUT2D eigenvalue weighted by atomic mass is 32.2. The second-order valence-corrected chi connectivity index (χ2v) is 8.27. The molecule has 0 amide bonds. The Morgan fingerprint density at radius 2 is 1.81 bits per heavy atom. The van der Waals surface area contributed by atoms with Crippen molar-refractivity contribution in [1.29, 1.82) is 0 Å². The minimum absolute atomic E-state index is 0.0721. The van der Waals surface area contributed by atoms with Crippen LogP contribution in [0.5, 0.6) is 11.5 Å². The molecule has 1 fully saturated rings. The largest absolute Gasteiger partial charge is 0.497 e. The van der Waals surface area contributed by atoms with Crippen LogP contribution in [0.3, 0.4) is 0 Å². The average molecular weight is 455 g/mol. The molecule has 0 unspecified atom stereocenters. The van der Waals surface area contributed by atoms with Crippen LogP contribution in [-0.4, -0.2) is 66.8 Å². The van der Waals surface area contributed by atoms with E-state index in [2.05, 4.69) is 34.2 Å². The van der Waals surface area contributed by atoms with Gasteiger partial charge in [0.1, 0.15) is 11.5 Å². The van der Waals surface area contributed by atoms with E-state index in [1.165, 1.54) is 17.3 Å². The summed E-state index contributed by atoms with van der Waals surface area (Å²) in [6, 6.07) is 13.4. The second-order valence-electron chi connectivity index (χ2n) is 7.33. The lowest BCUT2D eigenvalue weighted by Gasteiger charge is -2.28. The van der Waals surface area contributed by atoms with E-state index in [9.17, 15) is 4.79 Å². The Morgan fingerprint density at radius 3 is 2.50 bits per heavy atom. The molecule has 0 radical (unpaired) electrons. The van der Waals surface area contributed by atoms with Gasteiger partial charge in [0.15, 0.2) is 10.9 Å². The van der Waals surface area contributed by atoms with Crippen LogP contribution in [0.15, 0.2) is 47.6 Å². The van der Waals surface area contributed by atoms with Crippen molar-refractivity contribution in [3.63, 3.8) is 0 Å². The molecule has 1 saturated heterocycles. The van der Waals surface area contributed by atoms with Crippen LogP contribution >= 0.6 is 11.8 Å². The zero-order valence-electron chi connectivity index (χ0n) is 18.4. The van der Waals surface area contributed by atoms with Gasteiger partial charge in [-0.1, -0.05) is 29.5 Å². The van der Waals surface area contributed by atoms with E-state index in [0.717, 1.165) is 24.7 Å². The number of nitrogens with zero attached hydrogens (tertiary/aromatic N) is 4. The van der Waals surface area contributed by atoms with E-state index >= 15 is 0 Å². The molecule has 3 aromatic rings. The van der Waals surface area contributed by atoms with E-state index in [0.29, 0.717) is 35.4 Å². The molecule has 1 aliphatic heterocycles. The van der Waals surface area contributed by atoms with Crippen LogP contribution in [-0.2, 0) is 4.74 Å². The monoisotopic (exact) mass is 454 g/mol. The Hall–Kier alpha value is -3.04. The van der Waals surface area contributed by atoms with Crippen LogP contribution in [0.1, 0.15) is 15.9 Å². The van der Waals surface area contributed by atoms with Crippen molar-refractivity contribution in [2.24, 2.45) is 0 Å². The van der Waals surface area contributed by atoms with Crippen LogP contribution in [0.4, 0.5) is 5.95 Å². The van der Waals surface area contributed by atoms with Gasteiger partial charge in [0.2, 0.25) is 5.95 Å². The quantitative estimate of drug-likeness (QED) is 0.379. The number of hydrogen-bond acceptors (Lipinski definition) is 8. The van der Waals surface area contributed by atoms with Gasteiger partial charge in [0.25, 0.3) is 0 Å². The number of morpholine rings is 1. The molecule has 4 rings (SSSR count). The molecule has 1 aliphatic rings. The van der Waals surface area contributed by atoms with Crippen LogP contribution in [0.2, 0.25) is 0 Å². The Labute approximate surface area is 191 Å². The van der Waals surface area contributed by atoms with Gasteiger partial charge >= 0.3 is 0 Å². The molecular weight excluding hydrogens is 428 g/mol. The van der Waals surface area contributed by atoms with Crippen LogP contribution < -0.4 is 14.4 Å². The zero-order chi connectivity index (χ0) is 22.5. The molecule has 2 aromatic carbocycles. The molecule has 168 valence electrons. The van der Waals surface area contributed by atoms with Crippen molar-refractivity contribution in [2.75, 3.05) is 51.2 Å². The van der Waals surface area contributed by atoms with Crippen molar-refractivity contribution in [3.8, 4) is 17.2 Å². The fraction of sp³-hybridized carbons (Fsp3) is 0.348.